The summed E-state index contributed by atoms with van der Waals surface area (Å²) in [5, 5.41) is 8.84. The molecule has 2 atom stereocenters. The van der Waals surface area contributed by atoms with E-state index in [9.17, 15) is 0 Å². The van der Waals surface area contributed by atoms with Crippen LogP contribution < -0.4 is 5.32 Å². The van der Waals surface area contributed by atoms with Crippen LogP contribution in [0.25, 0.3) is 22.2 Å². The fraction of sp³-hybridized carbons (Fsp3) is 0.346. The molecule has 3 nitrogen and oxygen atoms in total. The number of hydrogen-bond acceptors (Lipinski definition) is 3. The van der Waals surface area contributed by atoms with E-state index in [1.165, 1.54) is 53.4 Å². The van der Waals surface area contributed by atoms with Crippen LogP contribution in [0.4, 0.5) is 5.13 Å². The Labute approximate surface area is 193 Å². The van der Waals surface area contributed by atoms with Crippen LogP contribution in [0.1, 0.15) is 43.9 Å². The zero-order chi connectivity index (χ0) is 21.4. The number of nitrogens with one attached hydrogen (secondary N) is 1. The molecule has 0 bridgehead atoms. The highest BCUT2D eigenvalue weighted by Gasteiger charge is 2.22. The van der Waals surface area contributed by atoms with Crippen molar-refractivity contribution in [1.82, 2.24) is 9.55 Å². The van der Waals surface area contributed by atoms with Gasteiger partial charge in [0.1, 0.15) is 0 Å². The SMILES string of the molecule is Cc1c(-c2csc(NC3CCCC(C)C3)n2)c2cc(Cl)ccc2n1Cc1ccccc1. The second-order valence-corrected chi connectivity index (χ2v) is 10.1. The van der Waals surface area contributed by atoms with Gasteiger partial charge in [-0.1, -0.05) is 61.7 Å². The normalized spacial score (nSPS) is 19.1. The van der Waals surface area contributed by atoms with E-state index in [0.717, 1.165) is 28.3 Å². The molecule has 1 fully saturated rings. The first-order valence-electron chi connectivity index (χ1n) is 11.1. The molecule has 31 heavy (non-hydrogen) atoms. The number of anilines is 1. The van der Waals surface area contributed by atoms with Gasteiger partial charge in [-0.2, -0.15) is 0 Å². The van der Waals surface area contributed by atoms with E-state index >= 15 is 0 Å². The fourth-order valence-electron chi connectivity index (χ4n) is 4.94. The second-order valence-electron chi connectivity index (χ2n) is 8.84. The third kappa shape index (κ3) is 4.24. The van der Waals surface area contributed by atoms with E-state index in [1.54, 1.807) is 11.3 Å². The number of rotatable bonds is 5. The van der Waals surface area contributed by atoms with Crippen molar-refractivity contribution in [2.75, 3.05) is 5.32 Å². The molecule has 1 aliphatic rings. The third-order valence-electron chi connectivity index (χ3n) is 6.49. The number of benzene rings is 2. The van der Waals surface area contributed by atoms with Crippen molar-refractivity contribution in [2.45, 2.75) is 52.1 Å². The maximum Gasteiger partial charge on any atom is 0.183 e. The van der Waals surface area contributed by atoms with Crippen LogP contribution in [0.3, 0.4) is 0 Å². The number of nitrogens with zero attached hydrogens (tertiary/aromatic N) is 2. The molecule has 2 heterocycles. The first kappa shape index (κ1) is 20.6. The lowest BCUT2D eigenvalue weighted by molar-refractivity contribution is 0.358. The molecule has 5 heteroatoms. The molecule has 0 spiro atoms. The summed E-state index contributed by atoms with van der Waals surface area (Å²) < 4.78 is 2.38. The van der Waals surface area contributed by atoms with E-state index in [-0.39, 0.29) is 0 Å². The molecule has 1 aliphatic carbocycles. The molecule has 0 saturated heterocycles. The molecular weight excluding hydrogens is 422 g/mol. The molecule has 2 aromatic carbocycles. The van der Waals surface area contributed by atoms with Gasteiger partial charge < -0.3 is 9.88 Å². The molecule has 1 saturated carbocycles. The van der Waals surface area contributed by atoms with Gasteiger partial charge in [0, 0.05) is 45.1 Å². The quantitative estimate of drug-likeness (QED) is 0.337. The van der Waals surface area contributed by atoms with Gasteiger partial charge in [0.15, 0.2) is 5.13 Å². The van der Waals surface area contributed by atoms with E-state index < -0.39 is 0 Å². The number of aromatic nitrogens is 2. The van der Waals surface area contributed by atoms with Crippen LogP contribution in [0, 0.1) is 12.8 Å². The highest BCUT2D eigenvalue weighted by atomic mass is 35.5. The summed E-state index contributed by atoms with van der Waals surface area (Å²) in [4.78, 5) is 5.01. The Morgan fingerprint density at radius 3 is 2.81 bits per heavy atom. The standard InChI is InChI=1S/C26H28ClN3S/c1-17-7-6-10-21(13-17)28-26-29-23(16-31-26)25-18(2)30(15-19-8-4-3-5-9-19)24-12-11-20(27)14-22(24)25/h3-5,8-9,11-12,14,16-17,21H,6-7,10,13,15H2,1-2H3,(H,28,29). The predicted octanol–water partition coefficient (Wildman–Crippen LogP) is 7.77. The number of fused-ring (bicyclic) bond motifs is 1. The number of thiazole rings is 1. The Bertz CT molecular complexity index is 1190. The van der Waals surface area contributed by atoms with Crippen molar-refractivity contribution in [1.29, 1.82) is 0 Å². The Hall–Kier alpha value is -2.30. The van der Waals surface area contributed by atoms with Gasteiger partial charge in [0.2, 0.25) is 0 Å². The summed E-state index contributed by atoms with van der Waals surface area (Å²) in [6.07, 6.45) is 5.13. The molecule has 0 radical (unpaired) electrons. The van der Waals surface area contributed by atoms with Crippen LogP contribution in [0.2, 0.25) is 5.02 Å². The Morgan fingerprint density at radius 2 is 2.00 bits per heavy atom. The minimum atomic E-state index is 0.540. The molecule has 2 aromatic heterocycles. The maximum absolute atomic E-state index is 6.41. The van der Waals surface area contributed by atoms with Crippen LogP contribution in [0.15, 0.2) is 53.9 Å². The molecule has 0 amide bonds. The van der Waals surface area contributed by atoms with Gasteiger partial charge in [-0.25, -0.2) is 4.98 Å². The highest BCUT2D eigenvalue weighted by molar-refractivity contribution is 7.14. The highest BCUT2D eigenvalue weighted by Crippen LogP contribution is 2.38. The molecule has 1 N–H and O–H groups in total. The van der Waals surface area contributed by atoms with Gasteiger partial charge in [-0.15, -0.1) is 11.3 Å². The molecule has 4 aromatic rings. The van der Waals surface area contributed by atoms with Gasteiger partial charge in [-0.3, -0.25) is 0 Å². The van der Waals surface area contributed by atoms with Crippen LogP contribution in [-0.2, 0) is 6.54 Å². The lowest BCUT2D eigenvalue weighted by atomic mass is 9.87. The van der Waals surface area contributed by atoms with E-state index in [1.807, 2.05) is 6.07 Å². The van der Waals surface area contributed by atoms with Crippen molar-refractivity contribution < 1.29 is 0 Å². The van der Waals surface area contributed by atoms with Crippen LogP contribution >= 0.6 is 22.9 Å². The van der Waals surface area contributed by atoms with Crippen molar-refractivity contribution in [3.8, 4) is 11.3 Å². The lowest BCUT2D eigenvalue weighted by Gasteiger charge is -2.27. The molecule has 160 valence electrons. The summed E-state index contributed by atoms with van der Waals surface area (Å²) >= 11 is 8.12. The van der Waals surface area contributed by atoms with Gasteiger partial charge in [0.05, 0.1) is 5.69 Å². The van der Waals surface area contributed by atoms with Gasteiger partial charge in [-0.05, 0) is 49.4 Å². The maximum atomic E-state index is 6.41. The zero-order valence-electron chi connectivity index (χ0n) is 18.1. The Kier molecular flexibility index (Phi) is 5.77. The van der Waals surface area contributed by atoms with Crippen LogP contribution in [0.5, 0.6) is 0 Å². The molecular formula is C26H28ClN3S. The average molecular weight is 450 g/mol. The largest absolute Gasteiger partial charge is 0.359 e. The van der Waals surface area contributed by atoms with E-state index in [2.05, 4.69) is 71.6 Å². The summed E-state index contributed by atoms with van der Waals surface area (Å²) in [7, 11) is 0. The average Bonchev–Trinajstić information content (AvgIpc) is 3.31. The van der Waals surface area contributed by atoms with Gasteiger partial charge >= 0.3 is 0 Å². The molecule has 0 aliphatic heterocycles. The summed E-state index contributed by atoms with van der Waals surface area (Å²) in [6, 6.07) is 17.3. The fourth-order valence-corrected chi connectivity index (χ4v) is 5.89. The van der Waals surface area contributed by atoms with E-state index in [0.29, 0.717) is 6.04 Å². The smallest absolute Gasteiger partial charge is 0.183 e. The minimum Gasteiger partial charge on any atom is -0.359 e. The van der Waals surface area contributed by atoms with Gasteiger partial charge in [0.25, 0.3) is 0 Å². The summed E-state index contributed by atoms with van der Waals surface area (Å²) in [5.41, 5.74) is 5.94. The van der Waals surface area contributed by atoms with Crippen molar-refractivity contribution in [3.05, 3.63) is 70.2 Å². The lowest BCUT2D eigenvalue weighted by Crippen LogP contribution is -2.26. The summed E-state index contributed by atoms with van der Waals surface area (Å²) in [5.74, 6) is 0.797. The van der Waals surface area contributed by atoms with E-state index in [4.69, 9.17) is 16.6 Å². The Balaban J connectivity index is 1.52. The molecule has 5 rings (SSSR count). The topological polar surface area (TPSA) is 29.9 Å². The summed E-state index contributed by atoms with van der Waals surface area (Å²) in [6.45, 7) is 5.39. The monoisotopic (exact) mass is 449 g/mol. The van der Waals surface area contributed by atoms with Crippen LogP contribution in [-0.4, -0.2) is 15.6 Å². The Morgan fingerprint density at radius 1 is 1.16 bits per heavy atom. The second kappa shape index (κ2) is 8.68. The zero-order valence-corrected chi connectivity index (χ0v) is 19.6. The van der Waals surface area contributed by atoms with Crippen molar-refractivity contribution in [2.24, 2.45) is 5.92 Å². The number of halogens is 1. The minimum absolute atomic E-state index is 0.540. The number of hydrogen-bond donors (Lipinski definition) is 1. The van der Waals surface area contributed by atoms with Crippen molar-refractivity contribution >= 4 is 39.0 Å². The first-order valence-corrected chi connectivity index (χ1v) is 12.4. The third-order valence-corrected chi connectivity index (χ3v) is 7.50. The predicted molar refractivity (Wildman–Crippen MR) is 133 cm³/mol. The molecule has 2 unspecified atom stereocenters. The first-order chi connectivity index (χ1) is 15.1. The van der Waals surface area contributed by atoms with Crippen molar-refractivity contribution in [3.63, 3.8) is 0 Å².